The molecule has 3 aromatic carbocycles. The van der Waals surface area contributed by atoms with E-state index >= 15 is 0 Å². The molecule has 1 atom stereocenters. The molecule has 0 aliphatic rings. The van der Waals surface area contributed by atoms with Crippen molar-refractivity contribution < 1.29 is 19.0 Å². The Morgan fingerprint density at radius 2 is 1.61 bits per heavy atom. The molecule has 0 aliphatic carbocycles. The van der Waals surface area contributed by atoms with Gasteiger partial charge in [0.25, 0.3) is 0 Å². The summed E-state index contributed by atoms with van der Waals surface area (Å²) in [6.45, 7) is 1.94. The molecular formula is C30H34N2O4. The lowest BCUT2D eigenvalue weighted by Crippen LogP contribution is -2.27. The second-order valence-corrected chi connectivity index (χ2v) is 8.81. The number of nitrogens with one attached hydrogen (secondary N) is 1. The van der Waals surface area contributed by atoms with Crippen LogP contribution in [0.2, 0.25) is 0 Å². The van der Waals surface area contributed by atoms with Crippen LogP contribution in [-0.4, -0.2) is 45.0 Å². The summed E-state index contributed by atoms with van der Waals surface area (Å²) in [5, 5.41) is 4.18. The normalized spacial score (nSPS) is 11.9. The summed E-state index contributed by atoms with van der Waals surface area (Å²) < 4.78 is 18.5. The van der Waals surface area contributed by atoms with Gasteiger partial charge in [-0.2, -0.15) is 0 Å². The van der Waals surface area contributed by atoms with E-state index < -0.39 is 0 Å². The first-order valence-electron chi connectivity index (χ1n) is 12.2. The van der Waals surface area contributed by atoms with Gasteiger partial charge in [-0.05, 0) is 41.3 Å². The number of rotatable bonds is 12. The summed E-state index contributed by atoms with van der Waals surface area (Å²) in [7, 11) is 4.95. The van der Waals surface area contributed by atoms with Gasteiger partial charge in [0.05, 0.1) is 14.2 Å². The van der Waals surface area contributed by atoms with Crippen molar-refractivity contribution in [3.05, 3.63) is 95.7 Å². The van der Waals surface area contributed by atoms with E-state index in [9.17, 15) is 4.79 Å². The molecule has 1 amide bonds. The minimum absolute atomic E-state index is 0.00206. The van der Waals surface area contributed by atoms with Crippen molar-refractivity contribution >= 4 is 16.8 Å². The lowest BCUT2D eigenvalue weighted by molar-refractivity contribution is -0.121. The quantitative estimate of drug-likeness (QED) is 0.273. The third kappa shape index (κ3) is 6.07. The Kier molecular flexibility index (Phi) is 8.63. The van der Waals surface area contributed by atoms with E-state index in [0.29, 0.717) is 31.1 Å². The van der Waals surface area contributed by atoms with Crippen LogP contribution in [0.25, 0.3) is 10.9 Å². The maximum Gasteiger partial charge on any atom is 0.220 e. The third-order valence-corrected chi connectivity index (χ3v) is 6.40. The first-order chi connectivity index (χ1) is 17.6. The van der Waals surface area contributed by atoms with Crippen molar-refractivity contribution in [1.82, 2.24) is 9.88 Å². The van der Waals surface area contributed by atoms with Crippen LogP contribution in [0.1, 0.15) is 35.4 Å². The largest absolute Gasteiger partial charge is 0.497 e. The maximum atomic E-state index is 13.1. The van der Waals surface area contributed by atoms with Gasteiger partial charge in [-0.3, -0.25) is 4.79 Å². The Bertz CT molecular complexity index is 1260. The maximum absolute atomic E-state index is 13.1. The molecule has 0 saturated carbocycles. The smallest absolute Gasteiger partial charge is 0.220 e. The minimum Gasteiger partial charge on any atom is -0.497 e. The van der Waals surface area contributed by atoms with Crippen molar-refractivity contribution in [3.8, 4) is 11.5 Å². The van der Waals surface area contributed by atoms with Gasteiger partial charge in [0.15, 0.2) is 0 Å². The lowest BCUT2D eigenvalue weighted by Gasteiger charge is -2.19. The van der Waals surface area contributed by atoms with E-state index in [1.807, 2.05) is 30.3 Å². The highest BCUT2D eigenvalue weighted by atomic mass is 16.5. The predicted octanol–water partition coefficient (Wildman–Crippen LogP) is 5.38. The van der Waals surface area contributed by atoms with Gasteiger partial charge in [-0.15, -0.1) is 0 Å². The zero-order chi connectivity index (χ0) is 25.3. The number of amides is 1. The molecule has 6 heteroatoms. The molecule has 0 spiro atoms. The van der Waals surface area contributed by atoms with Gasteiger partial charge < -0.3 is 24.1 Å². The van der Waals surface area contributed by atoms with E-state index in [0.717, 1.165) is 35.0 Å². The number of ether oxygens (including phenoxy) is 3. The molecule has 188 valence electrons. The molecule has 0 saturated heterocycles. The highest BCUT2D eigenvalue weighted by Crippen LogP contribution is 2.38. The van der Waals surface area contributed by atoms with E-state index in [-0.39, 0.29) is 11.8 Å². The van der Waals surface area contributed by atoms with Crippen LogP contribution < -0.4 is 14.8 Å². The van der Waals surface area contributed by atoms with Gasteiger partial charge >= 0.3 is 0 Å². The molecule has 0 radical (unpaired) electrons. The summed E-state index contributed by atoms with van der Waals surface area (Å²) >= 11 is 0. The van der Waals surface area contributed by atoms with Crippen LogP contribution in [0.5, 0.6) is 11.5 Å². The summed E-state index contributed by atoms with van der Waals surface area (Å²) in [4.78, 5) is 13.1. The molecule has 1 N–H and O–H groups in total. The van der Waals surface area contributed by atoms with Crippen molar-refractivity contribution in [1.29, 1.82) is 0 Å². The van der Waals surface area contributed by atoms with Crippen LogP contribution >= 0.6 is 0 Å². The molecule has 0 fully saturated rings. The summed E-state index contributed by atoms with van der Waals surface area (Å²) in [6, 6.07) is 24.6. The van der Waals surface area contributed by atoms with E-state index in [4.69, 9.17) is 14.2 Å². The number of fused-ring (bicyclic) bond motifs is 1. The van der Waals surface area contributed by atoms with Gasteiger partial charge in [0, 0.05) is 62.3 Å². The average Bonchev–Trinajstić information content (AvgIpc) is 3.28. The van der Waals surface area contributed by atoms with Crippen molar-refractivity contribution in [2.24, 2.45) is 0 Å². The first-order valence-corrected chi connectivity index (χ1v) is 12.2. The van der Waals surface area contributed by atoms with E-state index in [2.05, 4.69) is 58.5 Å². The number of carbonyl (C=O) groups is 1. The fourth-order valence-corrected chi connectivity index (χ4v) is 4.60. The van der Waals surface area contributed by atoms with Crippen LogP contribution in [-0.2, 0) is 16.1 Å². The Hall–Kier alpha value is -3.77. The lowest BCUT2D eigenvalue weighted by atomic mass is 9.87. The second-order valence-electron chi connectivity index (χ2n) is 8.81. The molecule has 1 aromatic heterocycles. The van der Waals surface area contributed by atoms with Crippen LogP contribution in [0.3, 0.4) is 0 Å². The van der Waals surface area contributed by atoms with Crippen LogP contribution in [0.4, 0.5) is 0 Å². The number of hydrogen-bond donors (Lipinski definition) is 1. The SMILES string of the molecule is COCCCNC(=O)CC(c1cc(OC)cc(OC)c1)c1cn(Cc2ccccc2)c2ccccc12. The van der Waals surface area contributed by atoms with Crippen molar-refractivity contribution in [2.45, 2.75) is 25.3 Å². The number of para-hydroxylation sites is 1. The fourth-order valence-electron chi connectivity index (χ4n) is 4.60. The van der Waals surface area contributed by atoms with Gasteiger partial charge in [-0.25, -0.2) is 0 Å². The zero-order valence-electron chi connectivity index (χ0n) is 21.2. The van der Waals surface area contributed by atoms with Crippen molar-refractivity contribution in [3.63, 3.8) is 0 Å². The monoisotopic (exact) mass is 486 g/mol. The summed E-state index contributed by atoms with van der Waals surface area (Å²) in [5.74, 6) is 1.21. The highest BCUT2D eigenvalue weighted by molar-refractivity contribution is 5.87. The third-order valence-electron chi connectivity index (χ3n) is 6.40. The predicted molar refractivity (Wildman–Crippen MR) is 143 cm³/mol. The minimum atomic E-state index is -0.182. The molecule has 0 bridgehead atoms. The van der Waals surface area contributed by atoms with Gasteiger partial charge in [0.2, 0.25) is 5.91 Å². The van der Waals surface area contributed by atoms with Crippen LogP contribution in [0.15, 0.2) is 79.0 Å². The van der Waals surface area contributed by atoms with Gasteiger partial charge in [-0.1, -0.05) is 48.5 Å². The van der Waals surface area contributed by atoms with Crippen LogP contribution in [0, 0.1) is 0 Å². The Morgan fingerprint density at radius 3 is 2.31 bits per heavy atom. The Labute approximate surface area is 212 Å². The summed E-state index contributed by atoms with van der Waals surface area (Å²) in [5.41, 5.74) is 4.43. The van der Waals surface area contributed by atoms with Gasteiger partial charge in [0.1, 0.15) is 11.5 Å². The van der Waals surface area contributed by atoms with Crippen molar-refractivity contribution in [2.75, 3.05) is 34.5 Å². The molecule has 6 nitrogen and oxygen atoms in total. The molecule has 1 heterocycles. The van der Waals surface area contributed by atoms with E-state index in [1.165, 1.54) is 5.56 Å². The second kappa shape index (κ2) is 12.3. The number of hydrogen-bond acceptors (Lipinski definition) is 4. The number of carbonyl (C=O) groups excluding carboxylic acids is 1. The molecule has 36 heavy (non-hydrogen) atoms. The number of nitrogens with zero attached hydrogens (tertiary/aromatic N) is 1. The molecule has 1 unspecified atom stereocenters. The Balaban J connectivity index is 1.76. The Morgan fingerprint density at radius 1 is 0.917 bits per heavy atom. The highest BCUT2D eigenvalue weighted by Gasteiger charge is 2.24. The topological polar surface area (TPSA) is 61.7 Å². The fraction of sp³-hybridized carbons (Fsp3) is 0.300. The average molecular weight is 487 g/mol. The molecule has 0 aliphatic heterocycles. The first kappa shape index (κ1) is 25.3. The van der Waals surface area contributed by atoms with E-state index in [1.54, 1.807) is 21.3 Å². The standard InChI is InChI=1S/C30H34N2O4/c1-34-15-9-14-31-30(33)19-27(23-16-24(35-2)18-25(17-23)36-3)28-21-32(20-22-10-5-4-6-11-22)29-13-8-7-12-26(28)29/h4-8,10-13,16-18,21,27H,9,14-15,19-20H2,1-3H3,(H,31,33). The molecular weight excluding hydrogens is 452 g/mol. The molecule has 4 aromatic rings. The number of methoxy groups -OCH3 is 3. The summed E-state index contributed by atoms with van der Waals surface area (Å²) in [6.07, 6.45) is 3.27. The number of benzene rings is 3. The molecule has 4 rings (SSSR count). The number of aromatic nitrogens is 1. The zero-order valence-corrected chi connectivity index (χ0v) is 21.2.